The van der Waals surface area contributed by atoms with Crippen molar-refractivity contribution in [3.8, 4) is 0 Å². The van der Waals surface area contributed by atoms with Gasteiger partial charge in [-0.3, -0.25) is 13.9 Å². The van der Waals surface area contributed by atoms with E-state index < -0.39 is 46.1 Å². The largest absolute Gasteiger partial charge is 0.357 e. The monoisotopic (exact) mass is 577 g/mol. The standard InChI is InChI=1S/C31H29F2N3O4S/c1-34-31(38)29(20-23-12-4-2-5-13-23)35(21-24-14-8-9-17-26(24)32)30(37)22-36(28-19-11-10-18-27(28)33)41(39,40)25-15-6-3-7-16-25/h2-19,29H,20-22H2,1H3,(H,34,38). The van der Waals surface area contributed by atoms with Crippen molar-refractivity contribution in [2.45, 2.75) is 23.9 Å². The van der Waals surface area contributed by atoms with Gasteiger partial charge in [0.2, 0.25) is 11.8 Å². The number of likely N-dealkylation sites (N-methyl/N-ethyl adjacent to an activating group) is 1. The van der Waals surface area contributed by atoms with E-state index >= 15 is 4.39 Å². The highest BCUT2D eigenvalue weighted by molar-refractivity contribution is 7.92. The van der Waals surface area contributed by atoms with Gasteiger partial charge in [-0.15, -0.1) is 0 Å². The number of hydrogen-bond acceptors (Lipinski definition) is 4. The number of halogens is 2. The molecule has 4 aromatic carbocycles. The molecule has 7 nitrogen and oxygen atoms in total. The Labute approximate surface area is 238 Å². The Bertz CT molecular complexity index is 1600. The normalized spacial score (nSPS) is 11.9. The summed E-state index contributed by atoms with van der Waals surface area (Å²) in [6, 6.07) is 26.2. The fourth-order valence-corrected chi connectivity index (χ4v) is 5.86. The average molecular weight is 578 g/mol. The SMILES string of the molecule is CNC(=O)C(Cc1ccccc1)N(Cc1ccccc1F)C(=O)CN(c1ccccc1F)S(=O)(=O)c1ccccc1. The van der Waals surface area contributed by atoms with E-state index in [1.165, 1.54) is 67.7 Å². The predicted molar refractivity (Wildman–Crippen MR) is 152 cm³/mol. The van der Waals surface area contributed by atoms with E-state index in [4.69, 9.17) is 0 Å². The topological polar surface area (TPSA) is 86.8 Å². The first-order valence-electron chi connectivity index (χ1n) is 12.8. The van der Waals surface area contributed by atoms with Crippen molar-refractivity contribution in [1.29, 1.82) is 0 Å². The number of carbonyl (C=O) groups is 2. The van der Waals surface area contributed by atoms with Crippen LogP contribution in [0.25, 0.3) is 0 Å². The maximum atomic E-state index is 15.0. The zero-order chi connectivity index (χ0) is 29.4. The lowest BCUT2D eigenvalue weighted by Crippen LogP contribution is -2.53. The molecule has 0 spiro atoms. The smallest absolute Gasteiger partial charge is 0.264 e. The lowest BCUT2D eigenvalue weighted by molar-refractivity contribution is -0.139. The Morgan fingerprint density at radius 1 is 0.780 bits per heavy atom. The van der Waals surface area contributed by atoms with Gasteiger partial charge in [-0.05, 0) is 35.9 Å². The minimum absolute atomic E-state index is 0.0752. The molecule has 41 heavy (non-hydrogen) atoms. The van der Waals surface area contributed by atoms with Crippen LogP contribution >= 0.6 is 0 Å². The minimum atomic E-state index is -4.43. The molecule has 0 fully saturated rings. The van der Waals surface area contributed by atoms with E-state index in [0.29, 0.717) is 4.31 Å². The van der Waals surface area contributed by atoms with Gasteiger partial charge in [0.1, 0.15) is 24.2 Å². The molecule has 0 aliphatic heterocycles. The summed E-state index contributed by atoms with van der Waals surface area (Å²) in [4.78, 5) is 28.2. The number of nitrogens with one attached hydrogen (secondary N) is 1. The number of rotatable bonds is 11. The number of amides is 2. The average Bonchev–Trinajstić information content (AvgIpc) is 2.99. The number of hydrogen-bond donors (Lipinski definition) is 1. The molecule has 0 saturated heterocycles. The van der Waals surface area contributed by atoms with Gasteiger partial charge < -0.3 is 10.2 Å². The molecular weight excluding hydrogens is 548 g/mol. The van der Waals surface area contributed by atoms with Crippen LogP contribution in [-0.4, -0.2) is 44.8 Å². The van der Waals surface area contributed by atoms with Gasteiger partial charge in [0.25, 0.3) is 10.0 Å². The Balaban J connectivity index is 1.80. The van der Waals surface area contributed by atoms with E-state index in [2.05, 4.69) is 5.32 Å². The van der Waals surface area contributed by atoms with Crippen molar-refractivity contribution in [2.75, 3.05) is 17.9 Å². The maximum Gasteiger partial charge on any atom is 0.264 e. The van der Waals surface area contributed by atoms with Crippen LogP contribution in [0, 0.1) is 11.6 Å². The number of anilines is 1. The number of benzene rings is 4. The maximum absolute atomic E-state index is 15.0. The van der Waals surface area contributed by atoms with Crippen LogP contribution in [0.15, 0.2) is 114 Å². The lowest BCUT2D eigenvalue weighted by Gasteiger charge is -2.33. The summed E-state index contributed by atoms with van der Waals surface area (Å²) in [5.74, 6) is -2.79. The molecule has 0 saturated carbocycles. The first-order valence-corrected chi connectivity index (χ1v) is 14.3. The van der Waals surface area contributed by atoms with Gasteiger partial charge in [-0.1, -0.05) is 78.9 Å². The van der Waals surface area contributed by atoms with Crippen molar-refractivity contribution in [3.05, 3.63) is 132 Å². The summed E-state index contributed by atoms with van der Waals surface area (Å²) in [7, 11) is -3.01. The van der Waals surface area contributed by atoms with Gasteiger partial charge in [-0.2, -0.15) is 0 Å². The fourth-order valence-electron chi connectivity index (χ4n) is 4.42. The number of nitrogens with zero attached hydrogens (tertiary/aromatic N) is 2. The third kappa shape index (κ3) is 6.96. The van der Waals surface area contributed by atoms with Crippen molar-refractivity contribution >= 4 is 27.5 Å². The van der Waals surface area contributed by atoms with E-state index in [0.717, 1.165) is 16.5 Å². The predicted octanol–water partition coefficient (Wildman–Crippen LogP) is 4.55. The molecule has 1 unspecified atom stereocenters. The molecule has 2 amide bonds. The highest BCUT2D eigenvalue weighted by atomic mass is 32.2. The van der Waals surface area contributed by atoms with Crippen LogP contribution in [0.5, 0.6) is 0 Å². The van der Waals surface area contributed by atoms with Crippen LogP contribution < -0.4 is 9.62 Å². The van der Waals surface area contributed by atoms with Crippen LogP contribution in [0.3, 0.4) is 0 Å². The summed E-state index contributed by atoms with van der Waals surface area (Å²) in [6.07, 6.45) is 0.0752. The molecule has 0 aromatic heterocycles. The van der Waals surface area contributed by atoms with Crippen molar-refractivity contribution < 1.29 is 26.8 Å². The van der Waals surface area contributed by atoms with Crippen LogP contribution in [0.4, 0.5) is 14.5 Å². The van der Waals surface area contributed by atoms with E-state index in [1.807, 2.05) is 0 Å². The number of para-hydroxylation sites is 1. The van der Waals surface area contributed by atoms with Crippen molar-refractivity contribution in [2.24, 2.45) is 0 Å². The van der Waals surface area contributed by atoms with Gasteiger partial charge in [-0.25, -0.2) is 17.2 Å². The summed E-state index contributed by atoms with van der Waals surface area (Å²) in [6.45, 7) is -1.16. The van der Waals surface area contributed by atoms with Crippen molar-refractivity contribution in [3.63, 3.8) is 0 Å². The Morgan fingerprint density at radius 3 is 1.95 bits per heavy atom. The molecule has 212 valence electrons. The zero-order valence-electron chi connectivity index (χ0n) is 22.3. The second-order valence-electron chi connectivity index (χ2n) is 9.21. The molecule has 4 aromatic rings. The fraction of sp³-hybridized carbons (Fsp3) is 0.161. The molecule has 1 N–H and O–H groups in total. The van der Waals surface area contributed by atoms with Crippen LogP contribution in [-0.2, 0) is 32.6 Å². The first-order chi connectivity index (χ1) is 19.7. The zero-order valence-corrected chi connectivity index (χ0v) is 23.1. The third-order valence-electron chi connectivity index (χ3n) is 6.55. The number of carbonyl (C=O) groups excluding carboxylic acids is 2. The van der Waals surface area contributed by atoms with Gasteiger partial charge in [0.15, 0.2) is 0 Å². The molecule has 0 aliphatic rings. The third-order valence-corrected chi connectivity index (χ3v) is 8.32. The van der Waals surface area contributed by atoms with Gasteiger partial charge >= 0.3 is 0 Å². The highest BCUT2D eigenvalue weighted by Gasteiger charge is 2.35. The summed E-state index contributed by atoms with van der Waals surface area (Å²) in [5.41, 5.74) is 0.525. The summed E-state index contributed by atoms with van der Waals surface area (Å²) >= 11 is 0. The van der Waals surface area contributed by atoms with Crippen molar-refractivity contribution in [1.82, 2.24) is 10.2 Å². The van der Waals surface area contributed by atoms with E-state index in [1.54, 1.807) is 42.5 Å². The molecule has 0 aliphatic carbocycles. The lowest BCUT2D eigenvalue weighted by atomic mass is 10.0. The molecule has 4 rings (SSSR count). The van der Waals surface area contributed by atoms with Crippen LogP contribution in [0.2, 0.25) is 0 Å². The summed E-state index contributed by atoms with van der Waals surface area (Å²) in [5, 5.41) is 2.55. The Morgan fingerprint density at radius 2 is 1.34 bits per heavy atom. The molecule has 10 heteroatoms. The van der Waals surface area contributed by atoms with Crippen LogP contribution in [0.1, 0.15) is 11.1 Å². The highest BCUT2D eigenvalue weighted by Crippen LogP contribution is 2.27. The molecular formula is C31H29F2N3O4S. The summed E-state index contributed by atoms with van der Waals surface area (Å²) < 4.78 is 58.0. The van der Waals surface area contributed by atoms with E-state index in [-0.39, 0.29) is 29.1 Å². The second kappa shape index (κ2) is 13.2. The molecule has 0 radical (unpaired) electrons. The van der Waals surface area contributed by atoms with Gasteiger partial charge in [0, 0.05) is 25.6 Å². The quantitative estimate of drug-likeness (QED) is 0.284. The molecule has 1 atom stereocenters. The second-order valence-corrected chi connectivity index (χ2v) is 11.1. The van der Waals surface area contributed by atoms with Gasteiger partial charge in [0.05, 0.1) is 10.6 Å². The van der Waals surface area contributed by atoms with E-state index in [9.17, 15) is 22.4 Å². The molecule has 0 bridgehead atoms. The first kappa shape index (κ1) is 29.4. The minimum Gasteiger partial charge on any atom is -0.357 e. The Hall–Kier alpha value is -4.57. The Kier molecular flexibility index (Phi) is 9.46. The number of sulfonamides is 1. The molecule has 0 heterocycles.